The average molecular weight is 457 g/mol. The van der Waals surface area contributed by atoms with Gasteiger partial charge in [-0.05, 0) is 48.9 Å². The lowest BCUT2D eigenvalue weighted by atomic mass is 10.1. The third kappa shape index (κ3) is 4.94. The van der Waals surface area contributed by atoms with Gasteiger partial charge in [0.2, 0.25) is 5.88 Å². The second-order valence-corrected chi connectivity index (χ2v) is 7.24. The van der Waals surface area contributed by atoms with E-state index >= 15 is 0 Å². The molecule has 0 unspecified atom stereocenters. The molecule has 3 aromatic carbocycles. The standard InChI is InChI=1S/C26H24N4O4/c1-4-33-19-8-5-17(6-9-19)16-34-23-12-7-18(13-24(23)31-2)29-21-10-11-22-26(20(21)14-27)30-25(32-3)15-28-22/h5-13,15,29H,4,16H2,1-3H3. The second kappa shape index (κ2) is 10.4. The number of ether oxygens (including phenoxy) is 4. The van der Waals surface area contributed by atoms with Crippen molar-refractivity contribution in [2.45, 2.75) is 13.5 Å². The quantitative estimate of drug-likeness (QED) is 0.365. The second-order valence-electron chi connectivity index (χ2n) is 7.24. The van der Waals surface area contributed by atoms with Crippen LogP contribution in [-0.4, -0.2) is 30.8 Å². The maximum absolute atomic E-state index is 9.78. The lowest BCUT2D eigenvalue weighted by Crippen LogP contribution is -2.00. The van der Waals surface area contributed by atoms with Gasteiger partial charge in [-0.25, -0.2) is 9.97 Å². The number of anilines is 2. The Hall–Kier alpha value is -4.51. The topological polar surface area (TPSA) is 98.5 Å². The van der Waals surface area contributed by atoms with Gasteiger partial charge in [0.25, 0.3) is 0 Å². The molecule has 1 heterocycles. The summed E-state index contributed by atoms with van der Waals surface area (Å²) in [6.07, 6.45) is 1.52. The fraction of sp³-hybridized carbons (Fsp3) is 0.192. The number of hydrogen-bond acceptors (Lipinski definition) is 8. The van der Waals surface area contributed by atoms with Gasteiger partial charge < -0.3 is 24.3 Å². The molecule has 0 saturated heterocycles. The predicted molar refractivity (Wildman–Crippen MR) is 129 cm³/mol. The fourth-order valence-electron chi connectivity index (χ4n) is 3.41. The highest BCUT2D eigenvalue weighted by atomic mass is 16.5. The van der Waals surface area contributed by atoms with E-state index in [0.717, 1.165) is 17.0 Å². The van der Waals surface area contributed by atoms with E-state index in [1.54, 1.807) is 19.2 Å². The Labute approximate surface area is 197 Å². The minimum atomic E-state index is 0.344. The molecule has 4 rings (SSSR count). The van der Waals surface area contributed by atoms with Crippen molar-refractivity contribution in [3.63, 3.8) is 0 Å². The minimum absolute atomic E-state index is 0.344. The van der Waals surface area contributed by atoms with Crippen molar-refractivity contribution in [1.29, 1.82) is 5.26 Å². The smallest absolute Gasteiger partial charge is 0.232 e. The average Bonchev–Trinajstić information content (AvgIpc) is 2.88. The Balaban J connectivity index is 1.53. The zero-order valence-corrected chi connectivity index (χ0v) is 19.2. The number of fused-ring (bicyclic) bond motifs is 1. The molecule has 0 saturated carbocycles. The molecule has 0 atom stereocenters. The molecule has 0 aliphatic heterocycles. The van der Waals surface area contributed by atoms with Crippen LogP contribution in [0.15, 0.2) is 60.8 Å². The van der Waals surface area contributed by atoms with E-state index in [9.17, 15) is 5.26 Å². The molecule has 0 fully saturated rings. The van der Waals surface area contributed by atoms with Gasteiger partial charge in [-0.2, -0.15) is 5.26 Å². The highest BCUT2D eigenvalue weighted by molar-refractivity contribution is 5.88. The molecule has 0 bridgehead atoms. The molecule has 8 nitrogen and oxygen atoms in total. The number of hydrogen-bond donors (Lipinski definition) is 1. The van der Waals surface area contributed by atoms with Gasteiger partial charge in [0.15, 0.2) is 11.5 Å². The van der Waals surface area contributed by atoms with E-state index in [4.69, 9.17) is 18.9 Å². The van der Waals surface area contributed by atoms with Crippen LogP contribution in [0.4, 0.5) is 11.4 Å². The van der Waals surface area contributed by atoms with Crippen LogP contribution < -0.4 is 24.3 Å². The van der Waals surface area contributed by atoms with E-state index in [1.165, 1.54) is 13.3 Å². The van der Waals surface area contributed by atoms with Crippen molar-refractivity contribution in [3.05, 3.63) is 71.9 Å². The predicted octanol–water partition coefficient (Wildman–Crippen LogP) is 5.24. The van der Waals surface area contributed by atoms with Crippen molar-refractivity contribution in [2.24, 2.45) is 0 Å². The Morgan fingerprint density at radius 2 is 1.76 bits per heavy atom. The number of methoxy groups -OCH3 is 2. The maximum Gasteiger partial charge on any atom is 0.232 e. The maximum atomic E-state index is 9.78. The van der Waals surface area contributed by atoms with Gasteiger partial charge in [-0.15, -0.1) is 0 Å². The number of benzene rings is 3. The lowest BCUT2D eigenvalue weighted by molar-refractivity contribution is 0.284. The minimum Gasteiger partial charge on any atom is -0.494 e. The summed E-state index contributed by atoms with van der Waals surface area (Å²) in [7, 11) is 3.09. The summed E-state index contributed by atoms with van der Waals surface area (Å²) in [4.78, 5) is 8.68. The van der Waals surface area contributed by atoms with Crippen molar-refractivity contribution >= 4 is 22.4 Å². The molecule has 0 amide bonds. The highest BCUT2D eigenvalue weighted by Crippen LogP contribution is 2.34. The molecule has 1 aromatic heterocycles. The van der Waals surface area contributed by atoms with E-state index in [1.807, 2.05) is 49.4 Å². The molecular formula is C26H24N4O4. The van der Waals surface area contributed by atoms with Crippen LogP contribution in [0.5, 0.6) is 23.1 Å². The molecule has 0 spiro atoms. The van der Waals surface area contributed by atoms with Crippen LogP contribution >= 0.6 is 0 Å². The molecule has 172 valence electrons. The first-order valence-corrected chi connectivity index (χ1v) is 10.7. The molecule has 0 aliphatic rings. The van der Waals surface area contributed by atoms with Crippen LogP contribution in [0.25, 0.3) is 11.0 Å². The summed E-state index contributed by atoms with van der Waals surface area (Å²) >= 11 is 0. The van der Waals surface area contributed by atoms with Crippen LogP contribution in [0.2, 0.25) is 0 Å². The summed E-state index contributed by atoms with van der Waals surface area (Å²) < 4.78 is 22.1. The number of rotatable bonds is 9. The van der Waals surface area contributed by atoms with Gasteiger partial charge >= 0.3 is 0 Å². The van der Waals surface area contributed by atoms with Crippen molar-refractivity contribution < 1.29 is 18.9 Å². The van der Waals surface area contributed by atoms with E-state index in [0.29, 0.717) is 52.9 Å². The van der Waals surface area contributed by atoms with Crippen molar-refractivity contribution in [1.82, 2.24) is 9.97 Å². The van der Waals surface area contributed by atoms with E-state index in [2.05, 4.69) is 21.4 Å². The summed E-state index contributed by atoms with van der Waals surface area (Å²) in [5.41, 5.74) is 3.80. The molecule has 8 heteroatoms. The lowest BCUT2D eigenvalue weighted by Gasteiger charge is -2.14. The van der Waals surface area contributed by atoms with Crippen LogP contribution in [0.1, 0.15) is 18.1 Å². The zero-order chi connectivity index (χ0) is 23.9. The first kappa shape index (κ1) is 22.7. The number of nitrogens with zero attached hydrogens (tertiary/aromatic N) is 3. The monoisotopic (exact) mass is 456 g/mol. The first-order valence-electron chi connectivity index (χ1n) is 10.7. The van der Waals surface area contributed by atoms with E-state index < -0.39 is 0 Å². The van der Waals surface area contributed by atoms with Gasteiger partial charge in [0.1, 0.15) is 29.5 Å². The largest absolute Gasteiger partial charge is 0.494 e. The zero-order valence-electron chi connectivity index (χ0n) is 19.2. The Kier molecular flexibility index (Phi) is 6.94. The number of aromatic nitrogens is 2. The van der Waals surface area contributed by atoms with Gasteiger partial charge in [0.05, 0.1) is 38.2 Å². The molecule has 4 aromatic rings. The molecule has 0 aliphatic carbocycles. The van der Waals surface area contributed by atoms with Crippen LogP contribution in [0, 0.1) is 11.3 Å². The van der Waals surface area contributed by atoms with Crippen molar-refractivity contribution in [2.75, 3.05) is 26.1 Å². The SMILES string of the molecule is CCOc1ccc(COc2ccc(Nc3ccc4ncc(OC)nc4c3C#N)cc2OC)cc1. The molecule has 1 N–H and O–H groups in total. The summed E-state index contributed by atoms with van der Waals surface area (Å²) in [5.74, 6) is 2.35. The fourth-order valence-corrected chi connectivity index (χ4v) is 3.41. The highest BCUT2D eigenvalue weighted by Gasteiger charge is 2.13. The van der Waals surface area contributed by atoms with Crippen LogP contribution in [-0.2, 0) is 6.61 Å². The Bertz CT molecular complexity index is 1330. The normalized spacial score (nSPS) is 10.4. The van der Waals surface area contributed by atoms with E-state index in [-0.39, 0.29) is 0 Å². The Morgan fingerprint density at radius 3 is 2.47 bits per heavy atom. The van der Waals surface area contributed by atoms with Gasteiger partial charge in [-0.1, -0.05) is 12.1 Å². The number of nitriles is 1. The van der Waals surface area contributed by atoms with Crippen LogP contribution in [0.3, 0.4) is 0 Å². The van der Waals surface area contributed by atoms with Gasteiger partial charge in [-0.3, -0.25) is 0 Å². The Morgan fingerprint density at radius 1 is 0.941 bits per heavy atom. The molecule has 34 heavy (non-hydrogen) atoms. The van der Waals surface area contributed by atoms with Crippen molar-refractivity contribution in [3.8, 4) is 29.2 Å². The first-order chi connectivity index (χ1) is 16.6. The third-order valence-electron chi connectivity index (χ3n) is 5.08. The number of nitrogens with one attached hydrogen (secondary N) is 1. The molecule has 0 radical (unpaired) electrons. The summed E-state index contributed by atoms with van der Waals surface area (Å²) in [6, 6.07) is 19.1. The van der Waals surface area contributed by atoms with Gasteiger partial charge in [0, 0.05) is 11.8 Å². The summed E-state index contributed by atoms with van der Waals surface area (Å²) in [6.45, 7) is 2.97. The molecular weight excluding hydrogens is 432 g/mol. The summed E-state index contributed by atoms with van der Waals surface area (Å²) in [5, 5.41) is 13.0. The third-order valence-corrected chi connectivity index (χ3v) is 5.08.